The SMILES string of the molecule is COCC(O)CN(C)C(=O)CC(C)c1ccc(F)cc1. The average Bonchev–Trinajstić information content (AvgIpc) is 2.39. The van der Waals surface area contributed by atoms with Crippen molar-refractivity contribution in [1.29, 1.82) is 0 Å². The van der Waals surface area contributed by atoms with Crippen LogP contribution in [0.3, 0.4) is 0 Å². The lowest BCUT2D eigenvalue weighted by Gasteiger charge is -2.22. The molecule has 0 aromatic heterocycles. The number of benzene rings is 1. The summed E-state index contributed by atoms with van der Waals surface area (Å²) in [7, 11) is 3.15. The molecule has 0 aliphatic rings. The van der Waals surface area contributed by atoms with Gasteiger partial charge in [0.1, 0.15) is 5.82 Å². The number of aliphatic hydroxyl groups is 1. The van der Waals surface area contributed by atoms with Crippen LogP contribution in [0.25, 0.3) is 0 Å². The number of hydrogen-bond acceptors (Lipinski definition) is 3. The summed E-state index contributed by atoms with van der Waals surface area (Å²) in [5.74, 6) is -0.339. The molecule has 1 aromatic rings. The van der Waals surface area contributed by atoms with Gasteiger partial charge in [-0.2, -0.15) is 0 Å². The molecule has 0 heterocycles. The number of rotatable bonds is 7. The fraction of sp³-hybridized carbons (Fsp3) is 0.533. The molecule has 4 nitrogen and oxygen atoms in total. The quantitative estimate of drug-likeness (QED) is 0.830. The molecule has 1 aromatic carbocycles. The Kier molecular flexibility index (Phi) is 6.61. The number of carbonyl (C=O) groups excluding carboxylic acids is 1. The van der Waals surface area contributed by atoms with Crippen LogP contribution in [0, 0.1) is 5.82 Å². The number of halogens is 1. The zero-order valence-corrected chi connectivity index (χ0v) is 12.2. The van der Waals surface area contributed by atoms with E-state index >= 15 is 0 Å². The van der Waals surface area contributed by atoms with E-state index in [9.17, 15) is 14.3 Å². The van der Waals surface area contributed by atoms with E-state index in [1.807, 2.05) is 6.92 Å². The largest absolute Gasteiger partial charge is 0.389 e. The Morgan fingerprint density at radius 2 is 2.00 bits per heavy atom. The Bertz CT molecular complexity index is 422. The van der Waals surface area contributed by atoms with Gasteiger partial charge in [-0.05, 0) is 23.6 Å². The maximum atomic E-state index is 12.8. The first-order chi connectivity index (χ1) is 9.43. The summed E-state index contributed by atoms with van der Waals surface area (Å²) in [5, 5.41) is 9.59. The summed E-state index contributed by atoms with van der Waals surface area (Å²) in [6, 6.07) is 6.16. The van der Waals surface area contributed by atoms with Gasteiger partial charge in [-0.3, -0.25) is 4.79 Å². The van der Waals surface area contributed by atoms with Crippen LogP contribution in [-0.2, 0) is 9.53 Å². The van der Waals surface area contributed by atoms with E-state index < -0.39 is 6.10 Å². The number of likely N-dealkylation sites (N-methyl/N-ethyl adjacent to an activating group) is 1. The van der Waals surface area contributed by atoms with Crippen LogP contribution in [0.5, 0.6) is 0 Å². The van der Waals surface area contributed by atoms with Crippen LogP contribution in [-0.4, -0.2) is 49.3 Å². The zero-order chi connectivity index (χ0) is 15.1. The van der Waals surface area contributed by atoms with E-state index in [1.165, 1.54) is 24.1 Å². The molecule has 0 bridgehead atoms. The molecule has 2 unspecified atom stereocenters. The lowest BCUT2D eigenvalue weighted by molar-refractivity contribution is -0.131. The van der Waals surface area contributed by atoms with Crippen molar-refractivity contribution in [2.24, 2.45) is 0 Å². The molecule has 1 rings (SSSR count). The smallest absolute Gasteiger partial charge is 0.223 e. The van der Waals surface area contributed by atoms with Gasteiger partial charge in [0, 0.05) is 27.1 Å². The molecule has 1 amide bonds. The highest BCUT2D eigenvalue weighted by atomic mass is 19.1. The summed E-state index contributed by atoms with van der Waals surface area (Å²) < 4.78 is 17.7. The topological polar surface area (TPSA) is 49.8 Å². The van der Waals surface area contributed by atoms with Crippen molar-refractivity contribution in [2.45, 2.75) is 25.4 Å². The van der Waals surface area contributed by atoms with Gasteiger partial charge in [-0.1, -0.05) is 19.1 Å². The molecule has 0 aliphatic heterocycles. The fourth-order valence-electron chi connectivity index (χ4n) is 1.99. The van der Waals surface area contributed by atoms with Crippen LogP contribution in [0.4, 0.5) is 4.39 Å². The van der Waals surface area contributed by atoms with Crippen molar-refractivity contribution in [1.82, 2.24) is 4.90 Å². The van der Waals surface area contributed by atoms with Crippen molar-refractivity contribution in [2.75, 3.05) is 27.3 Å². The monoisotopic (exact) mass is 283 g/mol. The number of methoxy groups -OCH3 is 1. The Labute approximate surface area is 119 Å². The Morgan fingerprint density at radius 3 is 2.55 bits per heavy atom. The first kappa shape index (κ1) is 16.6. The van der Waals surface area contributed by atoms with E-state index in [1.54, 1.807) is 19.2 Å². The van der Waals surface area contributed by atoms with Gasteiger partial charge in [0.25, 0.3) is 0 Å². The van der Waals surface area contributed by atoms with Crippen LogP contribution in [0.2, 0.25) is 0 Å². The van der Waals surface area contributed by atoms with E-state index in [4.69, 9.17) is 4.74 Å². The summed E-state index contributed by atoms with van der Waals surface area (Å²) in [6.07, 6.45) is -0.364. The maximum absolute atomic E-state index is 12.8. The number of ether oxygens (including phenoxy) is 1. The summed E-state index contributed by atoms with van der Waals surface area (Å²) >= 11 is 0. The van der Waals surface area contributed by atoms with Crippen molar-refractivity contribution in [3.05, 3.63) is 35.6 Å². The minimum absolute atomic E-state index is 0.00474. The lowest BCUT2D eigenvalue weighted by Crippen LogP contribution is -2.36. The van der Waals surface area contributed by atoms with Gasteiger partial charge in [0.15, 0.2) is 0 Å². The van der Waals surface area contributed by atoms with Gasteiger partial charge in [0.2, 0.25) is 5.91 Å². The Balaban J connectivity index is 2.50. The molecule has 5 heteroatoms. The molecule has 0 saturated heterocycles. The van der Waals surface area contributed by atoms with Gasteiger partial charge >= 0.3 is 0 Å². The van der Waals surface area contributed by atoms with Crippen LogP contribution in [0.1, 0.15) is 24.8 Å². The molecular weight excluding hydrogens is 261 g/mol. The molecule has 0 saturated carbocycles. The highest BCUT2D eigenvalue weighted by Gasteiger charge is 2.17. The Morgan fingerprint density at radius 1 is 1.40 bits per heavy atom. The second kappa shape index (κ2) is 7.97. The summed E-state index contributed by atoms with van der Waals surface area (Å²) in [5.41, 5.74) is 0.922. The first-order valence-corrected chi connectivity index (χ1v) is 6.60. The number of carbonyl (C=O) groups is 1. The number of hydrogen-bond donors (Lipinski definition) is 1. The third-order valence-electron chi connectivity index (χ3n) is 3.19. The normalized spacial score (nSPS) is 13.8. The van der Waals surface area contributed by atoms with E-state index in [2.05, 4.69) is 0 Å². The highest BCUT2D eigenvalue weighted by Crippen LogP contribution is 2.20. The van der Waals surface area contributed by atoms with Gasteiger partial charge in [-0.15, -0.1) is 0 Å². The van der Waals surface area contributed by atoms with E-state index in [-0.39, 0.29) is 30.8 Å². The predicted molar refractivity (Wildman–Crippen MR) is 75.0 cm³/mol. The lowest BCUT2D eigenvalue weighted by atomic mass is 9.97. The maximum Gasteiger partial charge on any atom is 0.223 e. The minimum atomic E-state index is -0.685. The highest BCUT2D eigenvalue weighted by molar-refractivity contribution is 5.76. The second-order valence-electron chi connectivity index (χ2n) is 5.04. The molecule has 0 fully saturated rings. The number of amides is 1. The third-order valence-corrected chi connectivity index (χ3v) is 3.19. The predicted octanol–water partition coefficient (Wildman–Crippen LogP) is 1.78. The molecular formula is C15H22FNO3. The van der Waals surface area contributed by atoms with Crippen molar-refractivity contribution >= 4 is 5.91 Å². The second-order valence-corrected chi connectivity index (χ2v) is 5.04. The average molecular weight is 283 g/mol. The number of nitrogens with zero attached hydrogens (tertiary/aromatic N) is 1. The Hall–Kier alpha value is -1.46. The molecule has 0 radical (unpaired) electrons. The van der Waals surface area contributed by atoms with Gasteiger partial charge < -0.3 is 14.7 Å². The van der Waals surface area contributed by atoms with Crippen LogP contribution in [0.15, 0.2) is 24.3 Å². The zero-order valence-electron chi connectivity index (χ0n) is 12.2. The molecule has 112 valence electrons. The summed E-state index contributed by atoms with van der Waals surface area (Å²) in [6.45, 7) is 2.36. The minimum Gasteiger partial charge on any atom is -0.389 e. The molecule has 0 spiro atoms. The first-order valence-electron chi connectivity index (χ1n) is 6.60. The van der Waals surface area contributed by atoms with Crippen LogP contribution < -0.4 is 0 Å². The summed E-state index contributed by atoms with van der Waals surface area (Å²) in [4.78, 5) is 13.5. The number of aliphatic hydroxyl groups excluding tert-OH is 1. The molecule has 1 N–H and O–H groups in total. The third kappa shape index (κ3) is 5.27. The van der Waals surface area contributed by atoms with E-state index in [0.29, 0.717) is 6.42 Å². The van der Waals surface area contributed by atoms with Gasteiger partial charge in [-0.25, -0.2) is 4.39 Å². The van der Waals surface area contributed by atoms with Crippen molar-refractivity contribution < 1.29 is 19.0 Å². The van der Waals surface area contributed by atoms with E-state index in [0.717, 1.165) is 5.56 Å². The van der Waals surface area contributed by atoms with Crippen LogP contribution >= 0.6 is 0 Å². The molecule has 0 aliphatic carbocycles. The molecule has 2 atom stereocenters. The van der Waals surface area contributed by atoms with Crippen molar-refractivity contribution in [3.63, 3.8) is 0 Å². The van der Waals surface area contributed by atoms with Crippen molar-refractivity contribution in [3.8, 4) is 0 Å². The van der Waals surface area contributed by atoms with Gasteiger partial charge in [0.05, 0.1) is 12.7 Å². The standard InChI is InChI=1S/C15H22FNO3/c1-11(12-4-6-13(16)7-5-12)8-15(19)17(2)9-14(18)10-20-3/h4-7,11,14,18H,8-10H2,1-3H3. The molecule has 20 heavy (non-hydrogen) atoms. The fourth-order valence-corrected chi connectivity index (χ4v) is 1.99.